The lowest BCUT2D eigenvalue weighted by atomic mass is 10.0. The largest absolute Gasteiger partial charge is 0.235 e. The van der Waals surface area contributed by atoms with E-state index in [0.29, 0.717) is 5.92 Å². The molecule has 102 valence electrons. The van der Waals surface area contributed by atoms with Gasteiger partial charge in [0, 0.05) is 5.56 Å². The third-order valence-electron chi connectivity index (χ3n) is 3.50. The average molecular weight is 282 g/mol. The van der Waals surface area contributed by atoms with E-state index in [9.17, 15) is 0 Å². The van der Waals surface area contributed by atoms with Crippen LogP contribution in [0.4, 0.5) is 0 Å². The van der Waals surface area contributed by atoms with Crippen molar-refractivity contribution in [2.75, 3.05) is 0 Å². The fraction of sp³-hybridized carbons (Fsp3) is 0.294. The lowest BCUT2D eigenvalue weighted by Crippen LogP contribution is -1.91. The molecule has 0 aliphatic rings. The van der Waals surface area contributed by atoms with Crippen molar-refractivity contribution < 1.29 is 0 Å². The molecule has 1 aromatic carbocycles. The van der Waals surface area contributed by atoms with Gasteiger partial charge in [0.25, 0.3) is 0 Å². The van der Waals surface area contributed by atoms with Crippen LogP contribution in [0.3, 0.4) is 0 Å². The van der Waals surface area contributed by atoms with Crippen molar-refractivity contribution in [2.45, 2.75) is 33.6 Å². The second-order valence-electron chi connectivity index (χ2n) is 5.62. The lowest BCUT2D eigenvalue weighted by Gasteiger charge is -2.06. The van der Waals surface area contributed by atoms with E-state index < -0.39 is 0 Å². The van der Waals surface area contributed by atoms with Gasteiger partial charge in [0.05, 0.1) is 15.9 Å². The molecule has 0 fully saturated rings. The number of hydrogen-bond donors (Lipinski definition) is 0. The van der Waals surface area contributed by atoms with E-state index in [1.165, 1.54) is 27.0 Å². The minimum atomic E-state index is 0.491. The van der Waals surface area contributed by atoms with Gasteiger partial charge >= 0.3 is 0 Å². The quantitative estimate of drug-likeness (QED) is 0.653. The van der Waals surface area contributed by atoms with Crippen LogP contribution in [-0.4, -0.2) is 9.97 Å². The summed E-state index contributed by atoms with van der Waals surface area (Å²) < 4.78 is 1.20. The van der Waals surface area contributed by atoms with Crippen molar-refractivity contribution in [3.63, 3.8) is 0 Å². The minimum Gasteiger partial charge on any atom is -0.235 e. The fourth-order valence-corrected chi connectivity index (χ4v) is 3.79. The molecule has 0 unspecified atom stereocenters. The lowest BCUT2D eigenvalue weighted by molar-refractivity contribution is 0.876. The molecule has 2 heterocycles. The van der Waals surface area contributed by atoms with Crippen LogP contribution in [0.1, 0.15) is 36.5 Å². The monoisotopic (exact) mass is 282 g/mol. The highest BCUT2D eigenvalue weighted by Gasteiger charge is 2.14. The van der Waals surface area contributed by atoms with Gasteiger partial charge in [-0.3, -0.25) is 0 Å². The van der Waals surface area contributed by atoms with Gasteiger partial charge in [-0.05, 0) is 42.8 Å². The molecule has 2 nitrogen and oxygen atoms in total. The van der Waals surface area contributed by atoms with Gasteiger partial charge in [-0.1, -0.05) is 31.0 Å². The van der Waals surface area contributed by atoms with E-state index in [1.54, 1.807) is 17.7 Å². The predicted octanol–water partition coefficient (Wildman–Crippen LogP) is 5.10. The zero-order chi connectivity index (χ0) is 14.3. The highest BCUT2D eigenvalue weighted by molar-refractivity contribution is 7.17. The molecule has 0 aliphatic carbocycles. The molecule has 0 atom stereocenters. The molecule has 3 aromatic rings. The first kappa shape index (κ1) is 13.3. The van der Waals surface area contributed by atoms with Crippen LogP contribution < -0.4 is 0 Å². The van der Waals surface area contributed by atoms with E-state index in [2.05, 4.69) is 61.2 Å². The number of aryl methyl sites for hydroxylation is 2. The molecule has 3 heteroatoms. The minimum absolute atomic E-state index is 0.491. The second-order valence-corrected chi connectivity index (χ2v) is 6.50. The molecule has 0 saturated carbocycles. The zero-order valence-electron chi connectivity index (χ0n) is 12.3. The molecule has 0 bridgehead atoms. The van der Waals surface area contributed by atoms with Gasteiger partial charge in [0.15, 0.2) is 0 Å². The summed E-state index contributed by atoms with van der Waals surface area (Å²) in [6.07, 6.45) is 1.69. The summed E-state index contributed by atoms with van der Waals surface area (Å²) in [5.41, 5.74) is 7.21. The summed E-state index contributed by atoms with van der Waals surface area (Å²) in [7, 11) is 0. The van der Waals surface area contributed by atoms with Crippen LogP contribution in [0.5, 0.6) is 0 Å². The number of benzene rings is 1. The number of aromatic nitrogens is 2. The molecule has 2 aromatic heterocycles. The second kappa shape index (κ2) is 4.98. The molecule has 0 amide bonds. The van der Waals surface area contributed by atoms with Crippen LogP contribution in [-0.2, 0) is 0 Å². The highest BCUT2D eigenvalue weighted by atomic mass is 32.1. The first-order chi connectivity index (χ1) is 9.56. The number of thiophene rings is 1. The van der Waals surface area contributed by atoms with Gasteiger partial charge in [-0.2, -0.15) is 0 Å². The van der Waals surface area contributed by atoms with Crippen LogP contribution in [0.25, 0.3) is 21.5 Å². The molecule has 0 saturated heterocycles. The fourth-order valence-electron chi connectivity index (χ4n) is 2.60. The van der Waals surface area contributed by atoms with E-state index in [4.69, 9.17) is 0 Å². The SMILES string of the molecule is Cc1cc(C)cc(-c2ncnc3c(C(C)C)csc23)c1. The molecule has 0 spiro atoms. The van der Waals surface area contributed by atoms with Crippen LogP contribution in [0, 0.1) is 13.8 Å². The predicted molar refractivity (Wildman–Crippen MR) is 86.4 cm³/mol. The number of fused-ring (bicyclic) bond motifs is 1. The summed E-state index contributed by atoms with van der Waals surface area (Å²) in [6, 6.07) is 6.59. The normalized spacial score (nSPS) is 11.4. The third kappa shape index (κ3) is 2.22. The summed E-state index contributed by atoms with van der Waals surface area (Å²) >= 11 is 1.75. The maximum Gasteiger partial charge on any atom is 0.116 e. The van der Waals surface area contributed by atoms with Crippen LogP contribution >= 0.6 is 11.3 Å². The van der Waals surface area contributed by atoms with Crippen molar-refractivity contribution in [1.82, 2.24) is 9.97 Å². The van der Waals surface area contributed by atoms with Crippen LogP contribution in [0.2, 0.25) is 0 Å². The van der Waals surface area contributed by atoms with Crippen molar-refractivity contribution in [3.05, 3.63) is 46.6 Å². The first-order valence-corrected chi connectivity index (χ1v) is 7.75. The van der Waals surface area contributed by atoms with Crippen molar-refractivity contribution in [1.29, 1.82) is 0 Å². The Morgan fingerprint density at radius 1 is 1.00 bits per heavy atom. The molecule has 3 rings (SSSR count). The van der Waals surface area contributed by atoms with Crippen LogP contribution in [0.15, 0.2) is 29.9 Å². The smallest absolute Gasteiger partial charge is 0.116 e. The van der Waals surface area contributed by atoms with E-state index in [1.807, 2.05) is 0 Å². The van der Waals surface area contributed by atoms with Crippen molar-refractivity contribution in [2.24, 2.45) is 0 Å². The number of hydrogen-bond acceptors (Lipinski definition) is 3. The van der Waals surface area contributed by atoms with Gasteiger partial charge in [0.1, 0.15) is 6.33 Å². The number of rotatable bonds is 2. The zero-order valence-corrected chi connectivity index (χ0v) is 13.1. The Morgan fingerprint density at radius 3 is 2.35 bits per heavy atom. The number of nitrogens with zero attached hydrogens (tertiary/aromatic N) is 2. The Bertz CT molecular complexity index is 752. The van der Waals surface area contributed by atoms with Gasteiger partial charge in [-0.15, -0.1) is 11.3 Å². The molecule has 20 heavy (non-hydrogen) atoms. The maximum atomic E-state index is 4.53. The first-order valence-electron chi connectivity index (χ1n) is 6.87. The summed E-state index contributed by atoms with van der Waals surface area (Å²) in [5.74, 6) is 0.491. The average Bonchev–Trinajstić information content (AvgIpc) is 2.81. The molecular weight excluding hydrogens is 264 g/mol. The Balaban J connectivity index is 2.26. The van der Waals surface area contributed by atoms with Gasteiger partial charge in [0.2, 0.25) is 0 Å². The van der Waals surface area contributed by atoms with Gasteiger partial charge in [-0.25, -0.2) is 9.97 Å². The van der Waals surface area contributed by atoms with Gasteiger partial charge < -0.3 is 0 Å². The van der Waals surface area contributed by atoms with Crippen molar-refractivity contribution in [3.8, 4) is 11.3 Å². The molecule has 0 radical (unpaired) electrons. The molecule has 0 N–H and O–H groups in total. The molecule has 0 aliphatic heterocycles. The van der Waals surface area contributed by atoms with E-state index in [0.717, 1.165) is 11.2 Å². The standard InChI is InChI=1S/C17H18N2S/c1-10(2)14-8-20-17-15(18-9-19-16(14)17)13-6-11(3)5-12(4)7-13/h5-10H,1-4H3. The topological polar surface area (TPSA) is 25.8 Å². The Morgan fingerprint density at radius 2 is 1.70 bits per heavy atom. The highest BCUT2D eigenvalue weighted by Crippen LogP contribution is 2.35. The third-order valence-corrected chi connectivity index (χ3v) is 4.49. The Kier molecular flexibility index (Phi) is 3.30. The summed E-state index contributed by atoms with van der Waals surface area (Å²) in [6.45, 7) is 8.67. The maximum absolute atomic E-state index is 4.53. The Labute approximate surface area is 123 Å². The Hall–Kier alpha value is -1.74. The summed E-state index contributed by atoms with van der Waals surface area (Å²) in [5, 5.41) is 2.22. The summed E-state index contributed by atoms with van der Waals surface area (Å²) in [4.78, 5) is 9.02. The molecular formula is C17H18N2S. The van der Waals surface area contributed by atoms with E-state index >= 15 is 0 Å². The van der Waals surface area contributed by atoms with Crippen molar-refractivity contribution >= 4 is 21.6 Å². The van der Waals surface area contributed by atoms with E-state index in [-0.39, 0.29) is 0 Å².